The Morgan fingerprint density at radius 1 is 1.35 bits per heavy atom. The number of nitrogens with one attached hydrogen (secondary N) is 1. The van der Waals surface area contributed by atoms with Crippen molar-refractivity contribution < 1.29 is 14.3 Å². The van der Waals surface area contributed by atoms with Crippen molar-refractivity contribution in [3.8, 4) is 5.75 Å². The Bertz CT molecular complexity index is 864. The first kappa shape index (κ1) is 18.1. The molecule has 1 atom stereocenters. The summed E-state index contributed by atoms with van der Waals surface area (Å²) in [5.41, 5.74) is 0.292. The van der Waals surface area contributed by atoms with E-state index in [1.807, 2.05) is 31.2 Å². The molecule has 1 unspecified atom stereocenters. The minimum Gasteiger partial charge on any atom is -0.490 e. The van der Waals surface area contributed by atoms with Gasteiger partial charge in [-0.15, -0.1) is 0 Å². The second-order valence-electron chi connectivity index (χ2n) is 6.63. The largest absolute Gasteiger partial charge is 0.490 e. The van der Waals surface area contributed by atoms with Gasteiger partial charge in [-0.25, -0.2) is 4.98 Å². The summed E-state index contributed by atoms with van der Waals surface area (Å²) in [6.07, 6.45) is 0.656. The van der Waals surface area contributed by atoms with Gasteiger partial charge in [-0.05, 0) is 31.9 Å². The molecule has 0 spiro atoms. The fraction of sp³-hybridized carbons (Fsp3) is 0.421. The van der Waals surface area contributed by atoms with Gasteiger partial charge < -0.3 is 19.4 Å². The lowest BCUT2D eigenvalue weighted by atomic mass is 10.0. The summed E-state index contributed by atoms with van der Waals surface area (Å²) in [7, 11) is 1.63. The number of carbonyl (C=O) groups excluding carboxylic acids is 1. The van der Waals surface area contributed by atoms with E-state index in [1.54, 1.807) is 18.9 Å². The van der Waals surface area contributed by atoms with E-state index in [0.717, 1.165) is 11.3 Å². The Morgan fingerprint density at radius 2 is 2.12 bits per heavy atom. The highest BCUT2D eigenvalue weighted by Crippen LogP contribution is 2.28. The smallest absolute Gasteiger partial charge is 0.272 e. The molecule has 7 heteroatoms. The van der Waals surface area contributed by atoms with E-state index in [2.05, 4.69) is 9.97 Å². The normalized spacial score (nSPS) is 19.6. The first-order chi connectivity index (χ1) is 12.4. The van der Waals surface area contributed by atoms with Crippen molar-refractivity contribution in [2.45, 2.75) is 25.9 Å². The maximum atomic E-state index is 12.7. The topological polar surface area (TPSA) is 84.5 Å². The molecule has 1 aromatic carbocycles. The van der Waals surface area contributed by atoms with Crippen LogP contribution in [0.3, 0.4) is 0 Å². The van der Waals surface area contributed by atoms with Gasteiger partial charge in [0.1, 0.15) is 29.5 Å². The predicted molar refractivity (Wildman–Crippen MR) is 96.5 cm³/mol. The number of methoxy groups -OCH3 is 1. The van der Waals surface area contributed by atoms with Crippen molar-refractivity contribution in [1.82, 2.24) is 14.9 Å². The van der Waals surface area contributed by atoms with E-state index in [0.29, 0.717) is 31.9 Å². The van der Waals surface area contributed by atoms with Crippen molar-refractivity contribution >= 4 is 5.91 Å². The van der Waals surface area contributed by atoms with Crippen LogP contribution in [-0.2, 0) is 4.74 Å². The maximum Gasteiger partial charge on any atom is 0.272 e. The lowest BCUT2D eigenvalue weighted by Gasteiger charge is -2.28. The average molecular weight is 357 g/mol. The summed E-state index contributed by atoms with van der Waals surface area (Å²) >= 11 is 0. The van der Waals surface area contributed by atoms with Crippen LogP contribution in [-0.4, -0.2) is 53.2 Å². The van der Waals surface area contributed by atoms with Crippen LogP contribution < -0.4 is 10.3 Å². The molecule has 2 aromatic rings. The number of amides is 1. The Labute approximate surface area is 152 Å². The molecule has 1 aromatic heterocycles. The zero-order valence-electron chi connectivity index (χ0n) is 15.2. The van der Waals surface area contributed by atoms with E-state index >= 15 is 0 Å². The number of ether oxygens (including phenoxy) is 2. The highest BCUT2D eigenvalue weighted by molar-refractivity contribution is 5.92. The molecule has 1 amide bonds. The van der Waals surface area contributed by atoms with Crippen LogP contribution in [0, 0.1) is 13.8 Å². The fourth-order valence-electron chi connectivity index (χ4n) is 3.14. The van der Waals surface area contributed by atoms with Gasteiger partial charge in [0.2, 0.25) is 0 Å². The summed E-state index contributed by atoms with van der Waals surface area (Å²) in [6, 6.07) is 9.01. The molecule has 0 saturated carbocycles. The first-order valence-electron chi connectivity index (χ1n) is 8.53. The molecule has 0 aliphatic carbocycles. The number of para-hydroxylation sites is 1. The Balaban J connectivity index is 1.71. The fourth-order valence-corrected chi connectivity index (χ4v) is 3.14. The van der Waals surface area contributed by atoms with Crippen LogP contribution in [0.15, 0.2) is 35.1 Å². The quantitative estimate of drug-likeness (QED) is 0.880. The molecule has 0 radical (unpaired) electrons. The number of aryl methyl sites for hydroxylation is 2. The number of rotatable bonds is 5. The highest BCUT2D eigenvalue weighted by Gasteiger charge is 2.41. The SMILES string of the molecule is COC1(COc2ccccc2C)CCN(C(=O)c2cc(=O)[nH]c(C)n2)C1. The van der Waals surface area contributed by atoms with E-state index in [-0.39, 0.29) is 17.2 Å². The zero-order chi connectivity index (χ0) is 18.7. The third-order valence-electron chi connectivity index (χ3n) is 4.70. The van der Waals surface area contributed by atoms with Crippen LogP contribution in [0.25, 0.3) is 0 Å². The molecule has 7 nitrogen and oxygen atoms in total. The molecule has 1 saturated heterocycles. The lowest BCUT2D eigenvalue weighted by Crippen LogP contribution is -2.42. The van der Waals surface area contributed by atoms with E-state index in [4.69, 9.17) is 9.47 Å². The molecule has 2 heterocycles. The molecule has 26 heavy (non-hydrogen) atoms. The third kappa shape index (κ3) is 3.77. The van der Waals surface area contributed by atoms with Gasteiger partial charge in [-0.2, -0.15) is 0 Å². The third-order valence-corrected chi connectivity index (χ3v) is 4.70. The van der Waals surface area contributed by atoms with Gasteiger partial charge in [0.25, 0.3) is 11.5 Å². The maximum absolute atomic E-state index is 12.7. The number of likely N-dealkylation sites (tertiary alicyclic amines) is 1. The van der Waals surface area contributed by atoms with E-state index < -0.39 is 5.60 Å². The van der Waals surface area contributed by atoms with Gasteiger partial charge in [0, 0.05) is 19.7 Å². The van der Waals surface area contributed by atoms with Crippen LogP contribution in [0.5, 0.6) is 5.75 Å². The molecule has 0 bridgehead atoms. The zero-order valence-corrected chi connectivity index (χ0v) is 15.2. The van der Waals surface area contributed by atoms with Gasteiger partial charge in [-0.1, -0.05) is 18.2 Å². The average Bonchev–Trinajstić information content (AvgIpc) is 3.05. The van der Waals surface area contributed by atoms with Crippen molar-refractivity contribution in [2.75, 3.05) is 26.8 Å². The van der Waals surface area contributed by atoms with Crippen molar-refractivity contribution in [3.63, 3.8) is 0 Å². The monoisotopic (exact) mass is 357 g/mol. The van der Waals surface area contributed by atoms with Crippen molar-refractivity contribution in [2.24, 2.45) is 0 Å². The molecule has 1 aliphatic heterocycles. The second-order valence-corrected chi connectivity index (χ2v) is 6.63. The summed E-state index contributed by atoms with van der Waals surface area (Å²) < 4.78 is 11.7. The Hall–Kier alpha value is -2.67. The summed E-state index contributed by atoms with van der Waals surface area (Å²) in [5, 5.41) is 0. The standard InChI is InChI=1S/C19H23N3O4/c1-13-6-4-5-7-16(13)26-12-19(25-3)8-9-22(11-19)18(24)15-10-17(23)21-14(2)20-15/h4-7,10H,8-9,11-12H2,1-3H3,(H,20,21,23). The Morgan fingerprint density at radius 3 is 2.81 bits per heavy atom. The number of carbonyl (C=O) groups is 1. The van der Waals surface area contributed by atoms with E-state index in [9.17, 15) is 9.59 Å². The molecule has 138 valence electrons. The van der Waals surface area contributed by atoms with Crippen LogP contribution in [0.4, 0.5) is 0 Å². The van der Waals surface area contributed by atoms with Gasteiger partial charge in [-0.3, -0.25) is 9.59 Å². The number of hydrogen-bond donors (Lipinski definition) is 1. The van der Waals surface area contributed by atoms with Gasteiger partial charge in [0.05, 0.1) is 6.54 Å². The van der Waals surface area contributed by atoms with Crippen LogP contribution in [0.2, 0.25) is 0 Å². The summed E-state index contributed by atoms with van der Waals surface area (Å²) in [6.45, 7) is 4.90. The minimum absolute atomic E-state index is 0.151. The highest BCUT2D eigenvalue weighted by atomic mass is 16.5. The Kier molecular flexibility index (Phi) is 5.08. The molecule has 1 fully saturated rings. The first-order valence-corrected chi connectivity index (χ1v) is 8.53. The van der Waals surface area contributed by atoms with Crippen molar-refractivity contribution in [3.05, 3.63) is 57.8 Å². The number of H-pyrrole nitrogens is 1. The minimum atomic E-state index is -0.575. The summed E-state index contributed by atoms with van der Waals surface area (Å²) in [4.78, 5) is 32.6. The van der Waals surface area contributed by atoms with Gasteiger partial charge >= 0.3 is 0 Å². The number of hydrogen-bond acceptors (Lipinski definition) is 5. The molecule has 3 rings (SSSR count). The van der Waals surface area contributed by atoms with E-state index in [1.165, 1.54) is 6.07 Å². The molecular formula is C19H23N3O4. The molecule has 1 aliphatic rings. The number of nitrogens with zero attached hydrogens (tertiary/aromatic N) is 2. The number of aromatic amines is 1. The number of benzene rings is 1. The second kappa shape index (κ2) is 7.29. The van der Waals surface area contributed by atoms with Crippen molar-refractivity contribution in [1.29, 1.82) is 0 Å². The van der Waals surface area contributed by atoms with Crippen LogP contribution >= 0.6 is 0 Å². The van der Waals surface area contributed by atoms with Gasteiger partial charge in [0.15, 0.2) is 0 Å². The van der Waals surface area contributed by atoms with Crippen LogP contribution in [0.1, 0.15) is 28.3 Å². The lowest BCUT2D eigenvalue weighted by molar-refractivity contribution is -0.0344. The summed E-state index contributed by atoms with van der Waals surface area (Å²) in [5.74, 6) is 0.954. The molecular weight excluding hydrogens is 334 g/mol. The predicted octanol–water partition coefficient (Wildman–Crippen LogP) is 1.70. The molecule has 1 N–H and O–H groups in total. The number of aromatic nitrogens is 2.